The van der Waals surface area contributed by atoms with Crippen molar-refractivity contribution < 1.29 is 17.3 Å². The van der Waals surface area contributed by atoms with E-state index in [-0.39, 0.29) is 13.2 Å². The highest BCUT2D eigenvalue weighted by atomic mass is 127. The second kappa shape index (κ2) is 8.46. The molecule has 0 aliphatic rings. The van der Waals surface area contributed by atoms with Crippen LogP contribution in [0, 0.1) is 0 Å². The second-order valence-corrected chi connectivity index (χ2v) is 4.66. The van der Waals surface area contributed by atoms with Crippen LogP contribution in [-0.4, -0.2) is 17.7 Å². The molecule has 0 atom stereocenters. The van der Waals surface area contributed by atoms with Crippen LogP contribution >= 0.6 is 23.0 Å². The average molecular weight is 399 g/mol. The molecule has 0 amide bonds. The average Bonchev–Trinajstić information content (AvgIpc) is 2.54. The Morgan fingerprint density at radius 2 is 1.90 bits per heavy atom. The number of carbonyl (C=O) groups excluding carboxylic acids is 1. The largest absolute Gasteiger partial charge is 0.508 e. The summed E-state index contributed by atoms with van der Waals surface area (Å²) in [5.74, 6) is 0.749. The van der Waals surface area contributed by atoms with Crippen LogP contribution in [0.5, 0.6) is 5.75 Å². The fourth-order valence-electron chi connectivity index (χ4n) is 1.62. The minimum Gasteiger partial charge on any atom is -0.434 e. The summed E-state index contributed by atoms with van der Waals surface area (Å²) < 4.78 is 15.0. The van der Waals surface area contributed by atoms with Crippen LogP contribution in [0.15, 0.2) is 48.8 Å². The molecule has 0 saturated heterocycles. The van der Waals surface area contributed by atoms with Crippen molar-refractivity contribution in [3.05, 3.63) is 59.9 Å². The molecule has 0 aliphatic heterocycles. The fourth-order valence-corrected chi connectivity index (χ4v) is 1.91. The Labute approximate surface area is 136 Å². The quantitative estimate of drug-likeness (QED) is 0.548. The molecule has 0 spiro atoms. The highest BCUT2D eigenvalue weighted by molar-refractivity contribution is 14.1. The predicted octanol–water partition coefficient (Wildman–Crippen LogP) is 3.71. The van der Waals surface area contributed by atoms with E-state index < -0.39 is 6.16 Å². The van der Waals surface area contributed by atoms with Gasteiger partial charge in [-0.25, -0.2) is 4.79 Å². The first-order valence-corrected chi connectivity index (χ1v) is 7.22. The van der Waals surface area contributed by atoms with E-state index >= 15 is 0 Å². The van der Waals surface area contributed by atoms with E-state index in [9.17, 15) is 4.79 Å². The van der Waals surface area contributed by atoms with Crippen LogP contribution in [0.2, 0.25) is 0 Å². The Morgan fingerprint density at radius 1 is 1.10 bits per heavy atom. The lowest BCUT2D eigenvalue weighted by molar-refractivity contribution is 0.0507. The zero-order valence-electron chi connectivity index (χ0n) is 11.2. The minimum absolute atomic E-state index is 0.174. The number of carbonyl (C=O) groups is 1. The molecule has 21 heavy (non-hydrogen) atoms. The molecule has 0 radical (unpaired) electrons. The molecule has 0 saturated carbocycles. The lowest BCUT2D eigenvalue weighted by atomic mass is 10.2. The number of hydrogen-bond donors (Lipinski definition) is 0. The van der Waals surface area contributed by atoms with Gasteiger partial charge in [-0.2, -0.15) is 0 Å². The van der Waals surface area contributed by atoms with E-state index in [1.807, 2.05) is 47.3 Å². The third kappa shape index (κ3) is 5.58. The Morgan fingerprint density at radius 3 is 2.57 bits per heavy atom. The van der Waals surface area contributed by atoms with Gasteiger partial charge in [-0.3, -0.25) is 4.98 Å². The van der Waals surface area contributed by atoms with Gasteiger partial charge < -0.3 is 12.5 Å². The van der Waals surface area contributed by atoms with Gasteiger partial charge >= 0.3 is 6.16 Å². The van der Waals surface area contributed by atoms with Gasteiger partial charge in [0.2, 0.25) is 0 Å². The molecule has 1 aromatic heterocycles. The highest BCUT2D eigenvalue weighted by Gasteiger charge is 2.05. The first-order chi connectivity index (χ1) is 10.3. The molecule has 0 fully saturated rings. The van der Waals surface area contributed by atoms with Gasteiger partial charge in [0.25, 0.3) is 0 Å². The summed E-state index contributed by atoms with van der Waals surface area (Å²) in [6.07, 6.45) is 3.39. The number of hydrogen-bond acceptors (Lipinski definition) is 5. The number of rotatable bonds is 6. The van der Waals surface area contributed by atoms with E-state index in [0.29, 0.717) is 6.42 Å². The molecule has 5 nitrogen and oxygen atoms in total. The standard InChI is InChI=1S/C15H14INO4/c16-21-14-5-3-13(4-6-14)11-20-15(18)19-9-7-12-2-1-8-17-10-12/h1-6,8,10H,7,9,11H2. The maximum atomic E-state index is 11.4. The molecular weight excluding hydrogens is 385 g/mol. The molecular formula is C15H14INO4. The van der Waals surface area contributed by atoms with E-state index in [2.05, 4.69) is 4.98 Å². The summed E-state index contributed by atoms with van der Waals surface area (Å²) in [7, 11) is 0. The van der Waals surface area contributed by atoms with Crippen LogP contribution in [0.3, 0.4) is 0 Å². The summed E-state index contributed by atoms with van der Waals surface area (Å²) in [5.41, 5.74) is 1.89. The molecule has 0 bridgehead atoms. The van der Waals surface area contributed by atoms with Gasteiger partial charge in [-0.1, -0.05) is 18.2 Å². The van der Waals surface area contributed by atoms with Gasteiger partial charge in [0.05, 0.1) is 6.61 Å². The van der Waals surface area contributed by atoms with Crippen LogP contribution in [-0.2, 0) is 22.5 Å². The van der Waals surface area contributed by atoms with E-state index in [1.165, 1.54) is 0 Å². The van der Waals surface area contributed by atoms with Gasteiger partial charge in [-0.15, -0.1) is 0 Å². The molecule has 0 unspecified atom stereocenters. The second-order valence-electron chi connectivity index (χ2n) is 4.22. The molecule has 2 rings (SSSR count). The summed E-state index contributed by atoms with van der Waals surface area (Å²) in [6.45, 7) is 0.444. The van der Waals surface area contributed by atoms with E-state index in [1.54, 1.807) is 24.5 Å². The lowest BCUT2D eigenvalue weighted by Crippen LogP contribution is -2.10. The molecule has 0 aliphatic carbocycles. The fraction of sp³-hybridized carbons (Fsp3) is 0.200. The molecule has 2 aromatic rings. The highest BCUT2D eigenvalue weighted by Crippen LogP contribution is 2.14. The Kier molecular flexibility index (Phi) is 6.26. The van der Waals surface area contributed by atoms with Crippen molar-refractivity contribution in [3.63, 3.8) is 0 Å². The van der Waals surface area contributed by atoms with Crippen molar-refractivity contribution in [2.24, 2.45) is 0 Å². The van der Waals surface area contributed by atoms with Crippen LogP contribution in [0.25, 0.3) is 0 Å². The number of benzene rings is 1. The predicted molar refractivity (Wildman–Crippen MR) is 85.2 cm³/mol. The number of aromatic nitrogens is 1. The zero-order chi connectivity index (χ0) is 14.9. The molecule has 110 valence electrons. The van der Waals surface area contributed by atoms with Crippen molar-refractivity contribution in [3.8, 4) is 5.75 Å². The van der Waals surface area contributed by atoms with Crippen molar-refractivity contribution >= 4 is 29.2 Å². The van der Waals surface area contributed by atoms with E-state index in [4.69, 9.17) is 12.5 Å². The zero-order valence-corrected chi connectivity index (χ0v) is 13.4. The Balaban J connectivity index is 1.67. The first-order valence-electron chi connectivity index (χ1n) is 6.34. The Bertz CT molecular complexity index is 560. The van der Waals surface area contributed by atoms with Gasteiger partial charge in [-0.05, 0) is 29.3 Å². The van der Waals surface area contributed by atoms with Crippen molar-refractivity contribution in [1.29, 1.82) is 0 Å². The minimum atomic E-state index is -0.673. The summed E-state index contributed by atoms with van der Waals surface area (Å²) in [4.78, 5) is 15.4. The summed E-state index contributed by atoms with van der Waals surface area (Å²) in [5, 5.41) is 0. The summed E-state index contributed by atoms with van der Waals surface area (Å²) in [6, 6.07) is 11.0. The lowest BCUT2D eigenvalue weighted by Gasteiger charge is -2.06. The van der Waals surface area contributed by atoms with Gasteiger partial charge in [0.1, 0.15) is 12.4 Å². The maximum absolute atomic E-state index is 11.4. The third-order valence-corrected chi connectivity index (χ3v) is 3.21. The van der Waals surface area contributed by atoms with Gasteiger partial charge in [0, 0.05) is 18.8 Å². The SMILES string of the molecule is O=C(OCCc1cccnc1)OCc1ccc(OI)cc1. The van der Waals surface area contributed by atoms with Crippen LogP contribution in [0.4, 0.5) is 4.79 Å². The molecule has 1 heterocycles. The van der Waals surface area contributed by atoms with Crippen LogP contribution < -0.4 is 3.07 Å². The van der Waals surface area contributed by atoms with E-state index in [0.717, 1.165) is 16.9 Å². The molecule has 0 N–H and O–H groups in total. The van der Waals surface area contributed by atoms with Crippen molar-refractivity contribution in [2.75, 3.05) is 6.61 Å². The number of nitrogens with zero attached hydrogens (tertiary/aromatic N) is 1. The number of halogens is 1. The normalized spacial score (nSPS) is 9.95. The maximum Gasteiger partial charge on any atom is 0.508 e. The number of ether oxygens (including phenoxy) is 2. The molecule has 6 heteroatoms. The monoisotopic (exact) mass is 399 g/mol. The van der Waals surface area contributed by atoms with Gasteiger partial charge in [0.15, 0.2) is 23.0 Å². The molecule has 1 aromatic carbocycles. The third-order valence-electron chi connectivity index (χ3n) is 2.70. The van der Waals surface area contributed by atoms with Crippen LogP contribution in [0.1, 0.15) is 11.1 Å². The summed E-state index contributed by atoms with van der Waals surface area (Å²) >= 11 is 1.81. The van der Waals surface area contributed by atoms with Crippen molar-refractivity contribution in [1.82, 2.24) is 4.98 Å². The number of pyridine rings is 1. The smallest absolute Gasteiger partial charge is 0.434 e. The van der Waals surface area contributed by atoms with Crippen molar-refractivity contribution in [2.45, 2.75) is 13.0 Å². The Hall–Kier alpha value is -1.83. The topological polar surface area (TPSA) is 57.7 Å². The first kappa shape index (κ1) is 15.6.